The highest BCUT2D eigenvalue weighted by Crippen LogP contribution is 2.30. The minimum atomic E-state index is 0.137. The molecule has 3 heteroatoms. The molecule has 108 valence electrons. The number of amides is 1. The lowest BCUT2D eigenvalue weighted by molar-refractivity contribution is 0.0730. The minimum absolute atomic E-state index is 0.137. The van der Waals surface area contributed by atoms with Crippen LogP contribution in [0.3, 0.4) is 0 Å². The molecule has 0 saturated heterocycles. The highest BCUT2D eigenvalue weighted by Gasteiger charge is 2.33. The number of benzene rings is 2. The lowest BCUT2D eigenvalue weighted by atomic mass is 10.1. The number of hydrogen-bond donors (Lipinski definition) is 0. The fourth-order valence-corrected chi connectivity index (χ4v) is 2.89. The summed E-state index contributed by atoms with van der Waals surface area (Å²) in [5, 5.41) is 0. The molecule has 1 saturated carbocycles. The van der Waals surface area contributed by atoms with Gasteiger partial charge in [-0.05, 0) is 49.6 Å². The highest BCUT2D eigenvalue weighted by molar-refractivity contribution is 9.10. The molecule has 1 aliphatic rings. The zero-order valence-corrected chi connectivity index (χ0v) is 13.6. The van der Waals surface area contributed by atoms with Gasteiger partial charge in [-0.3, -0.25) is 4.79 Å². The first kappa shape index (κ1) is 14.3. The average Bonchev–Trinajstić information content (AvgIpc) is 3.29. The van der Waals surface area contributed by atoms with Crippen molar-refractivity contribution in [3.8, 4) is 0 Å². The van der Waals surface area contributed by atoms with Crippen molar-refractivity contribution in [3.63, 3.8) is 0 Å². The van der Waals surface area contributed by atoms with Gasteiger partial charge in [0.2, 0.25) is 0 Å². The molecule has 0 N–H and O–H groups in total. The Hall–Kier alpha value is -1.61. The summed E-state index contributed by atoms with van der Waals surface area (Å²) in [5.74, 6) is 0.137. The Morgan fingerprint density at radius 1 is 1.19 bits per heavy atom. The second-order valence-corrected chi connectivity index (χ2v) is 6.58. The molecule has 0 aromatic heterocycles. The topological polar surface area (TPSA) is 20.3 Å². The van der Waals surface area contributed by atoms with E-state index in [9.17, 15) is 4.79 Å². The number of rotatable bonds is 4. The number of hydrogen-bond acceptors (Lipinski definition) is 1. The van der Waals surface area contributed by atoms with Gasteiger partial charge in [-0.25, -0.2) is 0 Å². The first-order chi connectivity index (χ1) is 10.1. The third-order valence-corrected chi connectivity index (χ3v) is 4.28. The van der Waals surface area contributed by atoms with Crippen molar-refractivity contribution in [1.82, 2.24) is 4.90 Å². The van der Waals surface area contributed by atoms with Crippen LogP contribution in [0.25, 0.3) is 0 Å². The summed E-state index contributed by atoms with van der Waals surface area (Å²) in [7, 11) is 0. The van der Waals surface area contributed by atoms with Crippen molar-refractivity contribution >= 4 is 21.8 Å². The smallest absolute Gasteiger partial charge is 0.254 e. The molecule has 3 rings (SSSR count). The van der Waals surface area contributed by atoms with Crippen LogP contribution in [0.1, 0.15) is 34.3 Å². The monoisotopic (exact) mass is 343 g/mol. The number of halogens is 1. The van der Waals surface area contributed by atoms with Gasteiger partial charge < -0.3 is 4.90 Å². The molecule has 1 amide bonds. The van der Waals surface area contributed by atoms with Crippen LogP contribution in [0, 0.1) is 6.92 Å². The third-order valence-electron chi connectivity index (χ3n) is 3.79. The highest BCUT2D eigenvalue weighted by atomic mass is 79.9. The quantitative estimate of drug-likeness (QED) is 0.796. The van der Waals surface area contributed by atoms with Gasteiger partial charge in [-0.1, -0.05) is 45.8 Å². The molecule has 0 spiro atoms. The summed E-state index contributed by atoms with van der Waals surface area (Å²) < 4.78 is 1.05. The van der Waals surface area contributed by atoms with E-state index in [1.165, 1.54) is 5.56 Å². The minimum Gasteiger partial charge on any atom is -0.331 e. The number of nitrogens with zero attached hydrogens (tertiary/aromatic N) is 1. The fourth-order valence-electron chi connectivity index (χ4n) is 2.45. The average molecular weight is 344 g/mol. The van der Waals surface area contributed by atoms with Crippen molar-refractivity contribution in [3.05, 3.63) is 69.7 Å². The van der Waals surface area contributed by atoms with Crippen LogP contribution in [0.2, 0.25) is 0 Å². The van der Waals surface area contributed by atoms with Crippen molar-refractivity contribution in [2.24, 2.45) is 0 Å². The van der Waals surface area contributed by atoms with Gasteiger partial charge in [0.25, 0.3) is 5.91 Å². The maximum atomic E-state index is 12.7. The van der Waals surface area contributed by atoms with Crippen LogP contribution in [-0.2, 0) is 6.54 Å². The molecule has 2 aromatic rings. The standard InChI is InChI=1S/C18H18BrNO/c1-13-5-7-15(8-6-13)18(21)20(17-9-10-17)12-14-3-2-4-16(19)11-14/h2-8,11,17H,9-10,12H2,1H3. The Labute approximate surface area is 133 Å². The van der Waals surface area contributed by atoms with Gasteiger partial charge in [0.1, 0.15) is 0 Å². The second-order valence-electron chi connectivity index (χ2n) is 5.66. The van der Waals surface area contributed by atoms with E-state index < -0.39 is 0 Å². The maximum Gasteiger partial charge on any atom is 0.254 e. The summed E-state index contributed by atoms with van der Waals surface area (Å²) in [6, 6.07) is 16.4. The molecule has 0 aliphatic heterocycles. The van der Waals surface area contributed by atoms with E-state index in [-0.39, 0.29) is 5.91 Å². The lowest BCUT2D eigenvalue weighted by Gasteiger charge is -2.23. The van der Waals surface area contributed by atoms with E-state index in [0.29, 0.717) is 12.6 Å². The second kappa shape index (κ2) is 6.02. The van der Waals surface area contributed by atoms with E-state index in [1.807, 2.05) is 48.2 Å². The van der Waals surface area contributed by atoms with Gasteiger partial charge in [0, 0.05) is 22.6 Å². The predicted molar refractivity (Wildman–Crippen MR) is 88.2 cm³/mol. The van der Waals surface area contributed by atoms with Crippen molar-refractivity contribution < 1.29 is 4.79 Å². The molecular formula is C18H18BrNO. The number of carbonyl (C=O) groups excluding carboxylic acids is 1. The number of carbonyl (C=O) groups is 1. The normalized spacial score (nSPS) is 14.0. The molecule has 1 aliphatic carbocycles. The third kappa shape index (κ3) is 3.53. The van der Waals surface area contributed by atoms with Crippen LogP contribution >= 0.6 is 15.9 Å². The van der Waals surface area contributed by atoms with Gasteiger partial charge in [0.05, 0.1) is 0 Å². The molecule has 21 heavy (non-hydrogen) atoms. The van der Waals surface area contributed by atoms with Crippen LogP contribution < -0.4 is 0 Å². The molecule has 0 atom stereocenters. The number of aryl methyl sites for hydroxylation is 1. The van der Waals surface area contributed by atoms with Crippen LogP contribution in [0.15, 0.2) is 53.0 Å². The zero-order chi connectivity index (χ0) is 14.8. The predicted octanol–water partition coefficient (Wildman–Crippen LogP) is 4.56. The van der Waals surface area contributed by atoms with E-state index in [0.717, 1.165) is 28.4 Å². The molecular weight excluding hydrogens is 326 g/mol. The van der Waals surface area contributed by atoms with Crippen LogP contribution in [0.5, 0.6) is 0 Å². The van der Waals surface area contributed by atoms with Crippen molar-refractivity contribution in [2.45, 2.75) is 32.4 Å². The Morgan fingerprint density at radius 3 is 2.52 bits per heavy atom. The molecule has 2 aromatic carbocycles. The summed E-state index contributed by atoms with van der Waals surface area (Å²) in [4.78, 5) is 14.7. The largest absolute Gasteiger partial charge is 0.331 e. The van der Waals surface area contributed by atoms with Gasteiger partial charge in [-0.15, -0.1) is 0 Å². The molecule has 2 nitrogen and oxygen atoms in total. The molecule has 0 heterocycles. The van der Waals surface area contributed by atoms with Crippen LogP contribution in [0.4, 0.5) is 0 Å². The Kier molecular flexibility index (Phi) is 4.11. The van der Waals surface area contributed by atoms with E-state index >= 15 is 0 Å². The van der Waals surface area contributed by atoms with Gasteiger partial charge >= 0.3 is 0 Å². The zero-order valence-electron chi connectivity index (χ0n) is 12.1. The Morgan fingerprint density at radius 2 is 1.90 bits per heavy atom. The molecule has 1 fully saturated rings. The van der Waals surface area contributed by atoms with E-state index in [4.69, 9.17) is 0 Å². The van der Waals surface area contributed by atoms with Gasteiger partial charge in [-0.2, -0.15) is 0 Å². The van der Waals surface area contributed by atoms with Gasteiger partial charge in [0.15, 0.2) is 0 Å². The lowest BCUT2D eigenvalue weighted by Crippen LogP contribution is -2.32. The summed E-state index contributed by atoms with van der Waals surface area (Å²) in [5.41, 5.74) is 3.12. The maximum absolute atomic E-state index is 12.7. The first-order valence-electron chi connectivity index (χ1n) is 7.25. The van der Waals surface area contributed by atoms with Crippen molar-refractivity contribution in [1.29, 1.82) is 0 Å². The molecule has 0 bridgehead atoms. The van der Waals surface area contributed by atoms with E-state index in [2.05, 4.69) is 28.1 Å². The Bertz CT molecular complexity index is 647. The fraction of sp³-hybridized carbons (Fsp3) is 0.278. The first-order valence-corrected chi connectivity index (χ1v) is 8.05. The molecule has 0 radical (unpaired) electrons. The van der Waals surface area contributed by atoms with Crippen LogP contribution in [-0.4, -0.2) is 16.8 Å². The summed E-state index contributed by atoms with van der Waals surface area (Å²) in [6.07, 6.45) is 2.23. The molecule has 0 unspecified atom stereocenters. The SMILES string of the molecule is Cc1ccc(C(=O)N(Cc2cccc(Br)c2)C2CC2)cc1. The summed E-state index contributed by atoms with van der Waals surface area (Å²) in [6.45, 7) is 2.71. The van der Waals surface area contributed by atoms with E-state index in [1.54, 1.807) is 0 Å². The Balaban J connectivity index is 1.81. The summed E-state index contributed by atoms with van der Waals surface area (Å²) >= 11 is 3.49. The van der Waals surface area contributed by atoms with Crippen molar-refractivity contribution in [2.75, 3.05) is 0 Å².